The Kier molecular flexibility index (Phi) is 3.37. The van der Waals surface area contributed by atoms with E-state index in [9.17, 15) is 4.79 Å². The first kappa shape index (κ1) is 10.1. The van der Waals surface area contributed by atoms with Gasteiger partial charge in [-0.3, -0.25) is 0 Å². The van der Waals surface area contributed by atoms with Crippen LogP contribution in [-0.2, 0) is 4.79 Å². The molecule has 1 aromatic carbocycles. The van der Waals surface area contributed by atoms with Crippen LogP contribution in [0.4, 0.5) is 0 Å². The Bertz CT molecular complexity index is 310. The van der Waals surface area contributed by atoms with Crippen LogP contribution in [0.2, 0.25) is 0 Å². The van der Waals surface area contributed by atoms with Gasteiger partial charge in [0.05, 0.1) is 7.11 Å². The van der Waals surface area contributed by atoms with Gasteiger partial charge in [-0.05, 0) is 17.7 Å². The number of aldehydes is 1. The standard InChI is InChI=1S/C10H12O2S/c1-7(6-11)9-4-3-8(12-2)5-10(9)13/h3-7,13H,1-2H3. The fraction of sp³-hybridized carbons (Fsp3) is 0.300. The zero-order chi connectivity index (χ0) is 9.84. The third-order valence-corrected chi connectivity index (χ3v) is 2.32. The van der Waals surface area contributed by atoms with Crippen molar-refractivity contribution < 1.29 is 9.53 Å². The quantitative estimate of drug-likeness (QED) is 0.593. The first-order valence-corrected chi connectivity index (χ1v) is 4.46. The second-order valence-electron chi connectivity index (χ2n) is 2.85. The summed E-state index contributed by atoms with van der Waals surface area (Å²) in [6.45, 7) is 1.84. The Hall–Kier alpha value is -0.960. The Balaban J connectivity index is 3.04. The van der Waals surface area contributed by atoms with E-state index in [1.165, 1.54) is 0 Å². The summed E-state index contributed by atoms with van der Waals surface area (Å²) in [7, 11) is 1.60. The van der Waals surface area contributed by atoms with E-state index in [-0.39, 0.29) is 5.92 Å². The lowest BCUT2D eigenvalue weighted by Gasteiger charge is -2.08. The van der Waals surface area contributed by atoms with Crippen LogP contribution in [0.5, 0.6) is 5.75 Å². The molecule has 0 heterocycles. The largest absolute Gasteiger partial charge is 0.497 e. The molecule has 2 nitrogen and oxygen atoms in total. The maximum atomic E-state index is 10.5. The molecule has 1 rings (SSSR count). The Morgan fingerprint density at radius 1 is 1.54 bits per heavy atom. The minimum Gasteiger partial charge on any atom is -0.497 e. The maximum Gasteiger partial charge on any atom is 0.127 e. The van der Waals surface area contributed by atoms with Crippen molar-refractivity contribution in [2.75, 3.05) is 7.11 Å². The lowest BCUT2D eigenvalue weighted by Crippen LogP contribution is -1.96. The minimum atomic E-state index is -0.113. The van der Waals surface area contributed by atoms with Crippen LogP contribution >= 0.6 is 12.6 Å². The van der Waals surface area contributed by atoms with Gasteiger partial charge in [0.1, 0.15) is 12.0 Å². The van der Waals surface area contributed by atoms with Gasteiger partial charge in [-0.15, -0.1) is 12.6 Å². The van der Waals surface area contributed by atoms with E-state index in [2.05, 4.69) is 12.6 Å². The van der Waals surface area contributed by atoms with Crippen molar-refractivity contribution >= 4 is 18.9 Å². The highest BCUT2D eigenvalue weighted by Crippen LogP contribution is 2.25. The summed E-state index contributed by atoms with van der Waals surface area (Å²) in [5.41, 5.74) is 0.930. The number of benzene rings is 1. The Morgan fingerprint density at radius 3 is 2.69 bits per heavy atom. The predicted octanol–water partition coefficient (Wildman–Crippen LogP) is 2.29. The van der Waals surface area contributed by atoms with E-state index in [4.69, 9.17) is 4.74 Å². The number of hydrogen-bond acceptors (Lipinski definition) is 3. The highest BCUT2D eigenvalue weighted by Gasteiger charge is 2.07. The van der Waals surface area contributed by atoms with Gasteiger partial charge in [0.15, 0.2) is 0 Å². The molecule has 0 amide bonds. The molecule has 0 spiro atoms. The molecule has 0 radical (unpaired) electrons. The fourth-order valence-electron chi connectivity index (χ4n) is 1.11. The van der Waals surface area contributed by atoms with Gasteiger partial charge in [-0.2, -0.15) is 0 Å². The monoisotopic (exact) mass is 196 g/mol. The predicted molar refractivity (Wildman–Crippen MR) is 54.7 cm³/mol. The van der Waals surface area contributed by atoms with Crippen LogP contribution in [0, 0.1) is 0 Å². The van der Waals surface area contributed by atoms with Crippen molar-refractivity contribution in [1.29, 1.82) is 0 Å². The van der Waals surface area contributed by atoms with Crippen LogP contribution in [0.25, 0.3) is 0 Å². The van der Waals surface area contributed by atoms with Gasteiger partial charge in [0, 0.05) is 10.8 Å². The van der Waals surface area contributed by atoms with Crippen molar-refractivity contribution in [2.24, 2.45) is 0 Å². The van der Waals surface area contributed by atoms with E-state index in [1.807, 2.05) is 19.1 Å². The second kappa shape index (κ2) is 4.33. The van der Waals surface area contributed by atoms with Crippen LogP contribution in [0.1, 0.15) is 18.4 Å². The summed E-state index contributed by atoms with van der Waals surface area (Å²) in [6.07, 6.45) is 0.904. The molecular formula is C10H12O2S. The Labute approximate surface area is 83.3 Å². The molecule has 0 bridgehead atoms. The first-order chi connectivity index (χ1) is 6.19. The van der Waals surface area contributed by atoms with Crippen LogP contribution < -0.4 is 4.74 Å². The fourth-order valence-corrected chi connectivity index (χ4v) is 1.51. The van der Waals surface area contributed by atoms with Gasteiger partial charge < -0.3 is 9.53 Å². The van der Waals surface area contributed by atoms with Crippen molar-refractivity contribution in [3.8, 4) is 5.75 Å². The molecule has 0 aliphatic carbocycles. The van der Waals surface area contributed by atoms with Crippen molar-refractivity contribution in [1.82, 2.24) is 0 Å². The van der Waals surface area contributed by atoms with Crippen LogP contribution in [0.3, 0.4) is 0 Å². The number of carbonyl (C=O) groups is 1. The van der Waals surface area contributed by atoms with Crippen molar-refractivity contribution in [3.05, 3.63) is 23.8 Å². The SMILES string of the molecule is COc1ccc(C(C)C=O)c(S)c1. The highest BCUT2D eigenvalue weighted by atomic mass is 32.1. The molecule has 0 N–H and O–H groups in total. The van der Waals surface area contributed by atoms with Gasteiger partial charge in [-0.1, -0.05) is 13.0 Å². The topological polar surface area (TPSA) is 26.3 Å². The molecule has 0 aromatic heterocycles. The number of carbonyl (C=O) groups excluding carboxylic acids is 1. The third-order valence-electron chi connectivity index (χ3n) is 1.93. The number of methoxy groups -OCH3 is 1. The molecule has 1 aromatic rings. The molecule has 1 atom stereocenters. The number of rotatable bonds is 3. The smallest absolute Gasteiger partial charge is 0.127 e. The number of hydrogen-bond donors (Lipinski definition) is 1. The minimum absolute atomic E-state index is 0.113. The van der Waals surface area contributed by atoms with E-state index >= 15 is 0 Å². The summed E-state index contributed by atoms with van der Waals surface area (Å²) in [5, 5.41) is 0. The molecule has 0 saturated carbocycles. The zero-order valence-electron chi connectivity index (χ0n) is 7.65. The van der Waals surface area contributed by atoms with Crippen molar-refractivity contribution in [2.45, 2.75) is 17.7 Å². The Morgan fingerprint density at radius 2 is 2.23 bits per heavy atom. The molecule has 1 unspecified atom stereocenters. The normalized spacial score (nSPS) is 12.2. The van der Waals surface area contributed by atoms with E-state index in [1.54, 1.807) is 13.2 Å². The molecule has 70 valence electrons. The lowest BCUT2D eigenvalue weighted by atomic mass is 10.0. The summed E-state index contributed by atoms with van der Waals surface area (Å²) >= 11 is 4.28. The summed E-state index contributed by atoms with van der Waals surface area (Å²) in [6, 6.07) is 5.49. The first-order valence-electron chi connectivity index (χ1n) is 4.01. The second-order valence-corrected chi connectivity index (χ2v) is 3.33. The lowest BCUT2D eigenvalue weighted by molar-refractivity contribution is -0.108. The van der Waals surface area contributed by atoms with Gasteiger partial charge >= 0.3 is 0 Å². The van der Waals surface area contributed by atoms with Gasteiger partial charge in [-0.25, -0.2) is 0 Å². The molecule has 0 aliphatic rings. The van der Waals surface area contributed by atoms with Crippen molar-refractivity contribution in [3.63, 3.8) is 0 Å². The summed E-state index contributed by atoms with van der Waals surface area (Å²) < 4.78 is 5.03. The van der Waals surface area contributed by atoms with Crippen LogP contribution in [0.15, 0.2) is 23.1 Å². The molecule has 0 aliphatic heterocycles. The van der Waals surface area contributed by atoms with E-state index in [0.717, 1.165) is 22.5 Å². The van der Waals surface area contributed by atoms with E-state index < -0.39 is 0 Å². The van der Waals surface area contributed by atoms with Crippen LogP contribution in [-0.4, -0.2) is 13.4 Å². The number of ether oxygens (including phenoxy) is 1. The summed E-state index contributed by atoms with van der Waals surface area (Å²) in [5.74, 6) is 0.644. The molecule has 0 saturated heterocycles. The van der Waals surface area contributed by atoms with Gasteiger partial charge in [0.25, 0.3) is 0 Å². The average Bonchev–Trinajstić information content (AvgIpc) is 2.16. The zero-order valence-corrected chi connectivity index (χ0v) is 8.54. The van der Waals surface area contributed by atoms with E-state index in [0.29, 0.717) is 0 Å². The number of thiol groups is 1. The van der Waals surface area contributed by atoms with Gasteiger partial charge in [0.2, 0.25) is 0 Å². The maximum absolute atomic E-state index is 10.5. The summed E-state index contributed by atoms with van der Waals surface area (Å²) in [4.78, 5) is 11.3. The third kappa shape index (κ3) is 2.25. The molecule has 0 fully saturated rings. The molecule has 13 heavy (non-hydrogen) atoms. The molecule has 3 heteroatoms. The molecular weight excluding hydrogens is 184 g/mol. The average molecular weight is 196 g/mol. The highest BCUT2D eigenvalue weighted by molar-refractivity contribution is 7.80.